The number of rotatable bonds is 17. The zero-order chi connectivity index (χ0) is 20.3. The lowest BCUT2D eigenvalue weighted by Crippen LogP contribution is -2.43. The lowest BCUT2D eigenvalue weighted by atomic mass is 10.0. The molecule has 27 heavy (non-hydrogen) atoms. The Hall–Kier alpha value is -1.52. The molecule has 1 unspecified atom stereocenters. The zero-order valence-corrected chi connectivity index (χ0v) is 17.8. The van der Waals surface area contributed by atoms with E-state index in [1.54, 1.807) is 0 Å². The summed E-state index contributed by atoms with van der Waals surface area (Å²) in [4.78, 5) is 24.1. The van der Waals surface area contributed by atoms with Gasteiger partial charge in [-0.2, -0.15) is 0 Å². The van der Waals surface area contributed by atoms with Gasteiger partial charge < -0.3 is 14.8 Å². The summed E-state index contributed by atoms with van der Waals surface area (Å²) in [6, 6.07) is -0.635. The Bertz CT molecular complexity index is 396. The van der Waals surface area contributed by atoms with Gasteiger partial charge in [0.2, 0.25) is 0 Å². The molecular formula is C22H41NO4. The van der Waals surface area contributed by atoms with Gasteiger partial charge >= 0.3 is 12.1 Å². The van der Waals surface area contributed by atoms with Crippen LogP contribution in [0.25, 0.3) is 0 Å². The number of alkyl carbamates (subject to hydrolysis) is 1. The molecular weight excluding hydrogens is 342 g/mol. The van der Waals surface area contributed by atoms with Crippen LogP contribution in [0.5, 0.6) is 0 Å². The molecule has 0 aromatic carbocycles. The van der Waals surface area contributed by atoms with Gasteiger partial charge in [0.15, 0.2) is 0 Å². The lowest BCUT2D eigenvalue weighted by Gasteiger charge is -2.19. The molecule has 0 fully saturated rings. The molecule has 0 radical (unpaired) electrons. The standard InChI is InChI=1S/C22H41NO4/c1-5-7-9-10-11-12-13-14-15-17-26-21(24)20(18-19(3)4)23-22(25)27-16-8-6-2/h5,19-20H,1,6-18H2,2-4H3,(H,23,25). The van der Waals surface area contributed by atoms with E-state index in [0.29, 0.717) is 19.6 Å². The van der Waals surface area contributed by atoms with E-state index in [4.69, 9.17) is 9.47 Å². The van der Waals surface area contributed by atoms with Gasteiger partial charge in [-0.25, -0.2) is 9.59 Å². The van der Waals surface area contributed by atoms with Crippen LogP contribution in [0.4, 0.5) is 4.79 Å². The van der Waals surface area contributed by atoms with E-state index in [2.05, 4.69) is 11.9 Å². The smallest absolute Gasteiger partial charge is 0.407 e. The molecule has 0 bridgehead atoms. The molecule has 1 amide bonds. The van der Waals surface area contributed by atoms with Crippen LogP contribution in [-0.4, -0.2) is 31.3 Å². The van der Waals surface area contributed by atoms with E-state index in [-0.39, 0.29) is 11.9 Å². The van der Waals surface area contributed by atoms with Crippen molar-refractivity contribution in [1.82, 2.24) is 5.32 Å². The Morgan fingerprint density at radius 1 is 0.926 bits per heavy atom. The van der Waals surface area contributed by atoms with Crippen molar-refractivity contribution < 1.29 is 19.1 Å². The van der Waals surface area contributed by atoms with Crippen LogP contribution in [0.1, 0.15) is 91.4 Å². The predicted molar refractivity (Wildman–Crippen MR) is 111 cm³/mol. The molecule has 1 atom stereocenters. The average Bonchev–Trinajstić information content (AvgIpc) is 2.62. The first-order valence-electron chi connectivity index (χ1n) is 10.7. The van der Waals surface area contributed by atoms with Gasteiger partial charge in [-0.3, -0.25) is 0 Å². The van der Waals surface area contributed by atoms with Crippen LogP contribution in [0.2, 0.25) is 0 Å². The van der Waals surface area contributed by atoms with Gasteiger partial charge in [0, 0.05) is 0 Å². The van der Waals surface area contributed by atoms with Crippen molar-refractivity contribution in [2.75, 3.05) is 13.2 Å². The van der Waals surface area contributed by atoms with Gasteiger partial charge in [0.1, 0.15) is 6.04 Å². The number of allylic oxidation sites excluding steroid dienone is 1. The number of nitrogens with one attached hydrogen (secondary N) is 1. The fourth-order valence-corrected chi connectivity index (χ4v) is 2.73. The quantitative estimate of drug-likeness (QED) is 0.196. The van der Waals surface area contributed by atoms with Crippen LogP contribution in [-0.2, 0) is 14.3 Å². The highest BCUT2D eigenvalue weighted by Gasteiger charge is 2.23. The molecule has 0 spiro atoms. The molecule has 5 heteroatoms. The maximum Gasteiger partial charge on any atom is 0.407 e. The summed E-state index contributed by atoms with van der Waals surface area (Å²) in [6.45, 7) is 10.6. The van der Waals surface area contributed by atoms with Gasteiger partial charge in [0.25, 0.3) is 0 Å². The number of ether oxygens (including phenoxy) is 2. The highest BCUT2D eigenvalue weighted by atomic mass is 16.6. The number of hydrogen-bond acceptors (Lipinski definition) is 4. The van der Waals surface area contributed by atoms with E-state index in [1.165, 1.54) is 32.1 Å². The van der Waals surface area contributed by atoms with Gasteiger partial charge in [0.05, 0.1) is 13.2 Å². The lowest BCUT2D eigenvalue weighted by molar-refractivity contribution is -0.146. The summed E-state index contributed by atoms with van der Waals surface area (Å²) in [5, 5.41) is 2.65. The molecule has 0 aromatic rings. The number of unbranched alkanes of at least 4 members (excludes halogenated alkanes) is 8. The molecule has 1 N–H and O–H groups in total. The Morgan fingerprint density at radius 2 is 1.52 bits per heavy atom. The Labute approximate surface area is 166 Å². The Morgan fingerprint density at radius 3 is 2.11 bits per heavy atom. The molecule has 158 valence electrons. The SMILES string of the molecule is C=CCCCCCCCCCOC(=O)C(CC(C)C)NC(=O)OCCCC. The minimum absolute atomic E-state index is 0.277. The summed E-state index contributed by atoms with van der Waals surface area (Å²) in [5.41, 5.74) is 0. The minimum Gasteiger partial charge on any atom is -0.464 e. The topological polar surface area (TPSA) is 64.6 Å². The molecule has 0 rings (SSSR count). The fraction of sp³-hybridized carbons (Fsp3) is 0.818. The molecule has 0 saturated carbocycles. The van der Waals surface area contributed by atoms with Crippen molar-refractivity contribution in [1.29, 1.82) is 0 Å². The summed E-state index contributed by atoms with van der Waals surface area (Å²) in [6.07, 6.45) is 12.9. The molecule has 0 heterocycles. The second-order valence-electron chi connectivity index (χ2n) is 7.54. The fourth-order valence-electron chi connectivity index (χ4n) is 2.73. The van der Waals surface area contributed by atoms with Crippen molar-refractivity contribution in [2.24, 2.45) is 5.92 Å². The van der Waals surface area contributed by atoms with E-state index >= 15 is 0 Å². The zero-order valence-electron chi connectivity index (χ0n) is 17.8. The Kier molecular flexibility index (Phi) is 16.9. The summed E-state index contributed by atoms with van der Waals surface area (Å²) in [7, 11) is 0. The van der Waals surface area contributed by atoms with E-state index in [9.17, 15) is 9.59 Å². The monoisotopic (exact) mass is 383 g/mol. The molecule has 0 aromatic heterocycles. The normalized spacial score (nSPS) is 11.9. The maximum atomic E-state index is 12.3. The first-order valence-corrected chi connectivity index (χ1v) is 10.7. The summed E-state index contributed by atoms with van der Waals surface area (Å²) >= 11 is 0. The first-order chi connectivity index (χ1) is 13.0. The van der Waals surface area contributed by atoms with Crippen molar-refractivity contribution in [3.05, 3.63) is 12.7 Å². The highest BCUT2D eigenvalue weighted by molar-refractivity contribution is 5.81. The highest BCUT2D eigenvalue weighted by Crippen LogP contribution is 2.10. The maximum absolute atomic E-state index is 12.3. The number of carbonyl (C=O) groups excluding carboxylic acids is 2. The molecule has 5 nitrogen and oxygen atoms in total. The van der Waals surface area contributed by atoms with Gasteiger partial charge in [-0.1, -0.05) is 65.4 Å². The van der Waals surface area contributed by atoms with E-state index < -0.39 is 12.1 Å². The van der Waals surface area contributed by atoms with Crippen LogP contribution in [0.15, 0.2) is 12.7 Å². The number of hydrogen-bond donors (Lipinski definition) is 1. The van der Waals surface area contributed by atoms with Crippen LogP contribution >= 0.6 is 0 Å². The largest absolute Gasteiger partial charge is 0.464 e. The van der Waals surface area contributed by atoms with Crippen LogP contribution in [0, 0.1) is 5.92 Å². The number of carbonyl (C=O) groups is 2. The van der Waals surface area contributed by atoms with Crippen molar-refractivity contribution in [2.45, 2.75) is 97.4 Å². The third-order valence-corrected chi connectivity index (χ3v) is 4.31. The van der Waals surface area contributed by atoms with Crippen molar-refractivity contribution in [3.63, 3.8) is 0 Å². The minimum atomic E-state index is -0.635. The van der Waals surface area contributed by atoms with E-state index in [0.717, 1.165) is 32.1 Å². The van der Waals surface area contributed by atoms with Crippen LogP contribution < -0.4 is 5.32 Å². The molecule has 0 aliphatic heterocycles. The second-order valence-corrected chi connectivity index (χ2v) is 7.54. The first kappa shape index (κ1) is 25.5. The van der Waals surface area contributed by atoms with Crippen LogP contribution in [0.3, 0.4) is 0 Å². The average molecular weight is 384 g/mol. The third-order valence-electron chi connectivity index (χ3n) is 4.31. The third kappa shape index (κ3) is 16.4. The molecule has 0 aliphatic rings. The van der Waals surface area contributed by atoms with Gasteiger partial charge in [-0.05, 0) is 38.0 Å². The summed E-state index contributed by atoms with van der Waals surface area (Å²) in [5.74, 6) is -0.0832. The van der Waals surface area contributed by atoms with Gasteiger partial charge in [-0.15, -0.1) is 6.58 Å². The number of amides is 1. The van der Waals surface area contributed by atoms with Crippen molar-refractivity contribution in [3.8, 4) is 0 Å². The number of esters is 1. The predicted octanol–water partition coefficient (Wildman–Crippen LogP) is 5.78. The molecule has 0 saturated heterocycles. The Balaban J connectivity index is 3.94. The van der Waals surface area contributed by atoms with Crippen molar-refractivity contribution >= 4 is 12.1 Å². The second kappa shape index (κ2) is 17.9. The molecule has 0 aliphatic carbocycles. The summed E-state index contributed by atoms with van der Waals surface area (Å²) < 4.78 is 10.5. The van der Waals surface area contributed by atoms with E-state index in [1.807, 2.05) is 26.8 Å².